The summed E-state index contributed by atoms with van der Waals surface area (Å²) in [5.41, 5.74) is 1.64. The highest BCUT2D eigenvalue weighted by Crippen LogP contribution is 2.37. The lowest BCUT2D eigenvalue weighted by Gasteiger charge is -2.30. The van der Waals surface area contributed by atoms with E-state index in [1.54, 1.807) is 20.0 Å². The van der Waals surface area contributed by atoms with Crippen LogP contribution in [-0.2, 0) is 11.2 Å². The fraction of sp³-hybridized carbons (Fsp3) is 0.545. The van der Waals surface area contributed by atoms with Crippen LogP contribution >= 0.6 is 0 Å². The Labute approximate surface area is 175 Å². The van der Waals surface area contributed by atoms with E-state index in [0.717, 1.165) is 53.6 Å². The van der Waals surface area contributed by atoms with Crippen LogP contribution in [0.3, 0.4) is 0 Å². The van der Waals surface area contributed by atoms with Crippen LogP contribution in [0.25, 0.3) is 22.1 Å². The van der Waals surface area contributed by atoms with Crippen molar-refractivity contribution in [1.82, 2.24) is 24.8 Å². The third kappa shape index (κ3) is 4.17. The average Bonchev–Trinajstić information content (AvgIpc) is 3.30. The van der Waals surface area contributed by atoms with Gasteiger partial charge in [0.05, 0.1) is 29.8 Å². The number of aromatic nitrogens is 4. The lowest BCUT2D eigenvalue weighted by atomic mass is 9.84. The van der Waals surface area contributed by atoms with E-state index in [4.69, 9.17) is 10.2 Å². The summed E-state index contributed by atoms with van der Waals surface area (Å²) in [6.45, 7) is 3.52. The number of imidazole rings is 1. The average molecular weight is 409 g/mol. The SMILES string of the molecule is CC(C)(O)CNC(=O)Cc1nc2cnc3[nH]ccc3c2n1C1CCC(CC#N)CC1. The summed E-state index contributed by atoms with van der Waals surface area (Å²) < 4.78 is 2.22. The van der Waals surface area contributed by atoms with Crippen molar-refractivity contribution in [3.63, 3.8) is 0 Å². The lowest BCUT2D eigenvalue weighted by molar-refractivity contribution is -0.121. The number of nitrogens with zero attached hydrogens (tertiary/aromatic N) is 4. The molecule has 8 nitrogen and oxygen atoms in total. The molecule has 158 valence electrons. The normalized spacial score (nSPS) is 19.8. The molecule has 0 aromatic carbocycles. The number of carbonyl (C=O) groups excluding carboxylic acids is 1. The van der Waals surface area contributed by atoms with Gasteiger partial charge < -0.3 is 20.0 Å². The molecule has 3 N–H and O–H groups in total. The minimum atomic E-state index is -0.962. The number of amides is 1. The number of carbonyl (C=O) groups is 1. The van der Waals surface area contributed by atoms with Crippen molar-refractivity contribution in [2.45, 2.75) is 64.0 Å². The topological polar surface area (TPSA) is 120 Å². The Kier molecular flexibility index (Phi) is 5.48. The van der Waals surface area contributed by atoms with Gasteiger partial charge in [0, 0.05) is 30.6 Å². The van der Waals surface area contributed by atoms with Crippen LogP contribution in [0, 0.1) is 17.2 Å². The van der Waals surface area contributed by atoms with Gasteiger partial charge in [-0.05, 0) is 51.5 Å². The largest absolute Gasteiger partial charge is 0.389 e. The van der Waals surface area contributed by atoms with Crippen molar-refractivity contribution in [2.75, 3.05) is 6.54 Å². The number of aromatic amines is 1. The molecule has 3 aromatic rings. The zero-order valence-electron chi connectivity index (χ0n) is 17.5. The molecule has 0 aliphatic heterocycles. The Morgan fingerprint density at radius 3 is 2.87 bits per heavy atom. The molecule has 30 heavy (non-hydrogen) atoms. The number of rotatable bonds is 6. The summed E-state index contributed by atoms with van der Waals surface area (Å²) >= 11 is 0. The molecule has 1 amide bonds. The first-order valence-electron chi connectivity index (χ1n) is 10.5. The molecule has 1 fully saturated rings. The highest BCUT2D eigenvalue weighted by molar-refractivity contribution is 6.01. The van der Waals surface area contributed by atoms with E-state index in [0.29, 0.717) is 12.3 Å². The molecule has 0 unspecified atom stereocenters. The third-order valence-electron chi connectivity index (χ3n) is 5.91. The highest BCUT2D eigenvalue weighted by Gasteiger charge is 2.27. The number of nitrogens with one attached hydrogen (secondary N) is 2. The molecule has 0 atom stereocenters. The maximum absolute atomic E-state index is 12.6. The predicted octanol–water partition coefficient (Wildman–Crippen LogP) is 2.99. The van der Waals surface area contributed by atoms with Gasteiger partial charge in [-0.25, -0.2) is 9.97 Å². The summed E-state index contributed by atoms with van der Waals surface area (Å²) in [6, 6.07) is 4.54. The first kappa shape index (κ1) is 20.4. The zero-order valence-corrected chi connectivity index (χ0v) is 17.5. The Morgan fingerprint density at radius 1 is 1.40 bits per heavy atom. The predicted molar refractivity (Wildman–Crippen MR) is 114 cm³/mol. The van der Waals surface area contributed by atoms with E-state index in [9.17, 15) is 9.90 Å². The van der Waals surface area contributed by atoms with Gasteiger partial charge in [0.1, 0.15) is 17.0 Å². The third-order valence-corrected chi connectivity index (χ3v) is 5.91. The molecule has 1 saturated carbocycles. The number of hydrogen-bond donors (Lipinski definition) is 3. The first-order valence-corrected chi connectivity index (χ1v) is 10.5. The quantitative estimate of drug-likeness (QED) is 0.579. The van der Waals surface area contributed by atoms with Gasteiger partial charge in [0.15, 0.2) is 0 Å². The minimum Gasteiger partial charge on any atom is -0.389 e. The molecule has 4 rings (SSSR count). The van der Waals surface area contributed by atoms with Crippen molar-refractivity contribution in [1.29, 1.82) is 5.26 Å². The Hall–Kier alpha value is -2.92. The van der Waals surface area contributed by atoms with E-state index in [-0.39, 0.29) is 24.9 Å². The molecular weight excluding hydrogens is 380 g/mol. The van der Waals surface area contributed by atoms with Crippen LogP contribution in [0.1, 0.15) is 57.8 Å². The van der Waals surface area contributed by atoms with Crippen LogP contribution in [0.5, 0.6) is 0 Å². The number of nitriles is 1. The number of hydrogen-bond acceptors (Lipinski definition) is 5. The van der Waals surface area contributed by atoms with Gasteiger partial charge >= 0.3 is 0 Å². The number of pyridine rings is 1. The van der Waals surface area contributed by atoms with Crippen molar-refractivity contribution in [3.05, 3.63) is 24.3 Å². The second-order valence-corrected chi connectivity index (χ2v) is 8.93. The van der Waals surface area contributed by atoms with Crippen LogP contribution in [-0.4, -0.2) is 42.7 Å². The standard InChI is InChI=1S/C22H28N6O2/c1-22(2,30)13-26-19(29)11-18-27-17-12-25-21-16(8-10-24-21)20(17)28(18)15-5-3-14(4-6-15)7-9-23/h8,10,12,14-15,30H,3-7,11,13H2,1-2H3,(H,24,25)(H,26,29). The smallest absolute Gasteiger partial charge is 0.227 e. The summed E-state index contributed by atoms with van der Waals surface area (Å²) in [4.78, 5) is 25.0. The second kappa shape index (κ2) is 8.07. The zero-order chi connectivity index (χ0) is 21.3. The van der Waals surface area contributed by atoms with Crippen molar-refractivity contribution >= 4 is 28.0 Å². The second-order valence-electron chi connectivity index (χ2n) is 8.93. The van der Waals surface area contributed by atoms with Crippen molar-refractivity contribution < 1.29 is 9.90 Å². The molecule has 0 spiro atoms. The molecule has 0 bridgehead atoms. The molecule has 3 aromatic heterocycles. The van der Waals surface area contributed by atoms with Crippen LogP contribution in [0.2, 0.25) is 0 Å². The van der Waals surface area contributed by atoms with E-state index in [1.807, 2.05) is 12.3 Å². The highest BCUT2D eigenvalue weighted by atomic mass is 16.3. The fourth-order valence-electron chi connectivity index (χ4n) is 4.42. The van der Waals surface area contributed by atoms with Gasteiger partial charge in [0.25, 0.3) is 0 Å². The van der Waals surface area contributed by atoms with E-state index in [2.05, 4.69) is 25.9 Å². The maximum Gasteiger partial charge on any atom is 0.227 e. The summed E-state index contributed by atoms with van der Waals surface area (Å²) in [5.74, 6) is 1.01. The lowest BCUT2D eigenvalue weighted by Crippen LogP contribution is -2.39. The molecule has 0 saturated heterocycles. The van der Waals surface area contributed by atoms with E-state index in [1.165, 1.54) is 0 Å². The summed E-state index contributed by atoms with van der Waals surface area (Å²) in [7, 11) is 0. The van der Waals surface area contributed by atoms with Gasteiger partial charge in [-0.2, -0.15) is 5.26 Å². The summed E-state index contributed by atoms with van der Waals surface area (Å²) in [6.07, 6.45) is 8.31. The van der Waals surface area contributed by atoms with Gasteiger partial charge in [-0.3, -0.25) is 4.79 Å². The maximum atomic E-state index is 12.6. The van der Waals surface area contributed by atoms with Crippen molar-refractivity contribution in [2.24, 2.45) is 5.92 Å². The van der Waals surface area contributed by atoms with E-state index < -0.39 is 5.60 Å². The first-order chi connectivity index (χ1) is 14.4. The molecule has 1 aliphatic rings. The van der Waals surface area contributed by atoms with Gasteiger partial charge in [-0.15, -0.1) is 0 Å². The van der Waals surface area contributed by atoms with E-state index >= 15 is 0 Å². The number of aliphatic hydroxyl groups is 1. The Bertz CT molecular complexity index is 1090. The monoisotopic (exact) mass is 408 g/mol. The van der Waals surface area contributed by atoms with Crippen LogP contribution < -0.4 is 5.32 Å². The summed E-state index contributed by atoms with van der Waals surface area (Å²) in [5, 5.41) is 22.7. The van der Waals surface area contributed by atoms with Crippen LogP contribution in [0.4, 0.5) is 0 Å². The molecule has 3 heterocycles. The molecule has 1 aliphatic carbocycles. The minimum absolute atomic E-state index is 0.148. The molecular formula is C22H28N6O2. The Balaban J connectivity index is 1.68. The number of fused-ring (bicyclic) bond motifs is 3. The molecule has 8 heteroatoms. The van der Waals surface area contributed by atoms with Crippen LogP contribution in [0.15, 0.2) is 18.5 Å². The fourth-order valence-corrected chi connectivity index (χ4v) is 4.42. The van der Waals surface area contributed by atoms with Gasteiger partial charge in [0.2, 0.25) is 5.91 Å². The molecule has 0 radical (unpaired) electrons. The van der Waals surface area contributed by atoms with Gasteiger partial charge in [-0.1, -0.05) is 0 Å². The number of H-pyrrole nitrogens is 1. The Morgan fingerprint density at radius 2 is 2.17 bits per heavy atom. The van der Waals surface area contributed by atoms with Crippen molar-refractivity contribution in [3.8, 4) is 6.07 Å².